The van der Waals surface area contributed by atoms with Crippen LogP contribution in [0.1, 0.15) is 103 Å². The van der Waals surface area contributed by atoms with Crippen molar-refractivity contribution in [2.24, 2.45) is 0 Å². The van der Waals surface area contributed by atoms with E-state index in [1.807, 2.05) is 111 Å². The molecular weight excluding hydrogens is 1310 g/mol. The molecule has 0 aliphatic rings. The Morgan fingerprint density at radius 3 is 1.06 bits per heavy atom. The van der Waals surface area contributed by atoms with E-state index >= 15 is 0 Å². The topological polar surface area (TPSA) is 240 Å². The van der Waals surface area contributed by atoms with Gasteiger partial charge in [0.25, 0.3) is 23.6 Å². The summed E-state index contributed by atoms with van der Waals surface area (Å²) < 4.78 is 23.4. The van der Waals surface area contributed by atoms with Gasteiger partial charge < -0.3 is 48.4 Å². The van der Waals surface area contributed by atoms with E-state index < -0.39 is 0 Å². The second kappa shape index (κ2) is 31.0. The van der Waals surface area contributed by atoms with Gasteiger partial charge in [-0.15, -0.1) is 11.3 Å². The van der Waals surface area contributed by atoms with Gasteiger partial charge in [0, 0.05) is 77.4 Å². The number of nitrogens with one attached hydrogen (secondary N) is 4. The number of amides is 4. The fourth-order valence-electron chi connectivity index (χ4n) is 12.0. The Hall–Kier alpha value is -13.0. The number of benzene rings is 8. The number of anilines is 4. The summed E-state index contributed by atoms with van der Waals surface area (Å²) >= 11 is 1.48. The van der Waals surface area contributed by atoms with Crippen molar-refractivity contribution in [1.82, 2.24) is 43.5 Å². The number of para-hydroxylation sites is 4. The first kappa shape index (κ1) is 68.5. The average molecular weight is 1380 g/mol. The number of fused-ring (bicyclic) bond motifs is 4. The number of hydrogen-bond acceptors (Lipinski definition) is 13. The van der Waals surface area contributed by atoms with E-state index in [1.54, 1.807) is 19.4 Å². The lowest BCUT2D eigenvalue weighted by Crippen LogP contribution is -2.13. The maximum atomic E-state index is 12.6. The Morgan fingerprint density at radius 2 is 0.738 bits per heavy atom. The molecule has 0 saturated carbocycles. The van der Waals surface area contributed by atoms with Crippen LogP contribution in [0.2, 0.25) is 0 Å². The summed E-state index contributed by atoms with van der Waals surface area (Å²) in [5.74, 6) is -0.333. The Balaban J connectivity index is 0.000000122. The molecule has 4 N–H and O–H groups in total. The number of oxazole rings is 2. The fraction of sp³-hybridized carbons (Fsp3) is 0.134. The van der Waals surface area contributed by atoms with Crippen LogP contribution in [0.15, 0.2) is 257 Å². The summed E-state index contributed by atoms with van der Waals surface area (Å²) in [5, 5.41) is 22.8. The van der Waals surface area contributed by atoms with Crippen LogP contribution in [0, 0.1) is 48.5 Å². The first-order valence-corrected chi connectivity index (χ1v) is 34.2. The van der Waals surface area contributed by atoms with E-state index in [9.17, 15) is 19.2 Å². The third-order valence-corrected chi connectivity index (χ3v) is 18.3. The SMILES string of the molecule is Cc1ccc(Cn2cc(NC(=O)c3cnon3)c3ccccc32)cc1.Cc1ccc(Cn2cc(NC(=O)c3ncoc3C)c3ccccc32)cc1.Cc1ccc(Cn2cc(NC(=O)c3ncsc3C)c3ccccc32)cc1.Cc1ccc(Cn2cc(NC(=O)c3ocnc3C)c3ccccc32)cc1. The van der Waals surface area contributed by atoms with Crippen molar-refractivity contribution in [3.63, 3.8) is 0 Å². The van der Waals surface area contributed by atoms with Crippen LogP contribution in [0.4, 0.5) is 22.7 Å². The number of carbonyl (C=O) groups is 4. The number of aromatic nitrogens is 9. The van der Waals surface area contributed by atoms with Gasteiger partial charge >= 0.3 is 0 Å². The zero-order chi connectivity index (χ0) is 71.5. The smallest absolute Gasteiger partial charge is 0.293 e. The van der Waals surface area contributed by atoms with Crippen LogP contribution in [0.25, 0.3) is 43.6 Å². The molecule has 8 aromatic carbocycles. The standard InChI is InChI=1S/2C21H19N3O2.C21H19N3OS.C19H16N4O2/c1-14-7-9-16(10-8-14)11-24-12-18(17-5-3-4-6-19(17)24)23-21(25)20-15(2)26-13-22-20;1-14-7-9-16(10-8-14)11-24-12-18(17-5-3-4-6-19(17)24)23-21(25)20-15(2)22-13-26-20;1-14-7-9-16(10-8-14)11-24-12-18(17-5-3-4-6-19(17)24)23-21(25)20-15(2)26-13-22-20;1-13-6-8-14(9-7-13)11-23-12-17(15-4-2-3-5-18(15)23)21-19(24)16-10-20-25-22-16/h3*3-10,12-13H,11H2,1-2H3,(H,23,25);2-10,12H,11H2,1H3,(H,21,24). The predicted octanol–water partition coefficient (Wildman–Crippen LogP) is 17.7. The molecule has 0 spiro atoms. The lowest BCUT2D eigenvalue weighted by Gasteiger charge is -2.05. The number of nitrogens with zero attached hydrogens (tertiary/aromatic N) is 9. The minimum Gasteiger partial charge on any atom is -0.448 e. The zero-order valence-corrected chi connectivity index (χ0v) is 58.5. The molecule has 16 rings (SSSR count). The molecule has 0 saturated heterocycles. The van der Waals surface area contributed by atoms with Gasteiger partial charge in [-0.2, -0.15) is 0 Å². The van der Waals surface area contributed by atoms with Crippen LogP contribution in [0.3, 0.4) is 0 Å². The molecule has 0 atom stereocenters. The van der Waals surface area contributed by atoms with Crippen LogP contribution >= 0.6 is 11.3 Å². The molecule has 8 heterocycles. The Morgan fingerprint density at radius 1 is 0.388 bits per heavy atom. The molecule has 8 aromatic heterocycles. The fourth-order valence-corrected chi connectivity index (χ4v) is 12.6. The summed E-state index contributed by atoms with van der Waals surface area (Å²) in [5.41, 5.74) is 20.4. The number of hydrogen-bond donors (Lipinski definition) is 4. The molecule has 20 nitrogen and oxygen atoms in total. The molecule has 0 fully saturated rings. The number of thiazole rings is 1. The molecule has 103 heavy (non-hydrogen) atoms. The minimum absolute atomic E-state index is 0.148. The molecule has 514 valence electrons. The maximum absolute atomic E-state index is 12.6. The first-order valence-electron chi connectivity index (χ1n) is 33.3. The summed E-state index contributed by atoms with van der Waals surface area (Å²) in [7, 11) is 0. The van der Waals surface area contributed by atoms with Gasteiger partial charge in [-0.1, -0.05) is 197 Å². The van der Waals surface area contributed by atoms with E-state index in [4.69, 9.17) is 8.83 Å². The van der Waals surface area contributed by atoms with Crippen LogP contribution in [-0.2, 0) is 26.2 Å². The molecule has 0 bridgehead atoms. The summed E-state index contributed by atoms with van der Waals surface area (Å²) in [6.45, 7) is 16.6. The molecule has 0 aliphatic carbocycles. The average Bonchev–Trinajstić information content (AvgIpc) is 1.67. The molecule has 16 aromatic rings. The van der Waals surface area contributed by atoms with E-state index in [1.165, 1.54) is 74.8 Å². The lowest BCUT2D eigenvalue weighted by atomic mass is 10.1. The van der Waals surface area contributed by atoms with Crippen molar-refractivity contribution in [1.29, 1.82) is 0 Å². The Labute approximate surface area is 597 Å². The predicted molar refractivity (Wildman–Crippen MR) is 404 cm³/mol. The molecule has 4 amide bonds. The molecule has 0 radical (unpaired) electrons. The number of carbonyl (C=O) groups excluding carboxylic acids is 4. The maximum Gasteiger partial charge on any atom is 0.293 e. The highest BCUT2D eigenvalue weighted by Gasteiger charge is 2.21. The van der Waals surface area contributed by atoms with Gasteiger partial charge in [0.2, 0.25) is 5.76 Å². The van der Waals surface area contributed by atoms with Crippen LogP contribution < -0.4 is 21.3 Å². The number of rotatable bonds is 16. The normalized spacial score (nSPS) is 11.0. The van der Waals surface area contributed by atoms with Crippen molar-refractivity contribution in [3.05, 3.63) is 327 Å². The molecule has 0 unspecified atom stereocenters. The van der Waals surface area contributed by atoms with Crippen LogP contribution in [-0.4, -0.2) is 67.2 Å². The molecule has 21 heteroatoms. The largest absolute Gasteiger partial charge is 0.448 e. The highest BCUT2D eigenvalue weighted by atomic mass is 32.1. The zero-order valence-electron chi connectivity index (χ0n) is 57.7. The third kappa shape index (κ3) is 16.2. The Bertz CT molecular complexity index is 5220. The van der Waals surface area contributed by atoms with Crippen molar-refractivity contribution >= 4 is 101 Å². The summed E-state index contributed by atoms with van der Waals surface area (Å²) in [4.78, 5) is 62.9. The Kier molecular flexibility index (Phi) is 20.6. The van der Waals surface area contributed by atoms with Gasteiger partial charge in [0.1, 0.15) is 17.7 Å². The van der Waals surface area contributed by atoms with Gasteiger partial charge in [0.05, 0.1) is 56.0 Å². The van der Waals surface area contributed by atoms with Crippen molar-refractivity contribution in [3.8, 4) is 0 Å². The van der Waals surface area contributed by atoms with Crippen LogP contribution in [0.5, 0.6) is 0 Å². The highest BCUT2D eigenvalue weighted by molar-refractivity contribution is 7.09. The lowest BCUT2D eigenvalue weighted by molar-refractivity contribution is 0.0991. The number of aryl methyl sites for hydroxylation is 7. The van der Waals surface area contributed by atoms with Gasteiger partial charge in [-0.25, -0.2) is 19.6 Å². The van der Waals surface area contributed by atoms with Crippen molar-refractivity contribution < 1.29 is 32.6 Å². The van der Waals surface area contributed by atoms with Gasteiger partial charge in [-0.05, 0) is 100 Å². The van der Waals surface area contributed by atoms with Crippen molar-refractivity contribution in [2.45, 2.75) is 74.6 Å². The second-order valence-electron chi connectivity index (χ2n) is 25.1. The quantitative estimate of drug-likeness (QED) is 0.0706. The van der Waals surface area contributed by atoms with Gasteiger partial charge in [-0.3, -0.25) is 19.2 Å². The van der Waals surface area contributed by atoms with E-state index in [0.29, 0.717) is 22.8 Å². The second-order valence-corrected chi connectivity index (χ2v) is 26.1. The first-order chi connectivity index (χ1) is 50.0. The van der Waals surface area contributed by atoms with E-state index in [2.05, 4.69) is 212 Å². The van der Waals surface area contributed by atoms with E-state index in [0.717, 1.165) is 97.4 Å². The summed E-state index contributed by atoms with van der Waals surface area (Å²) in [6.07, 6.45) is 11.7. The molecular formula is C82H73N13O7S. The monoisotopic (exact) mass is 1380 g/mol. The third-order valence-electron chi connectivity index (χ3n) is 17.5. The molecule has 0 aliphatic heterocycles. The summed E-state index contributed by atoms with van der Waals surface area (Å²) in [6, 6.07) is 66.0. The minimum atomic E-state index is -0.348. The highest BCUT2D eigenvalue weighted by Crippen LogP contribution is 2.32. The van der Waals surface area contributed by atoms with Crippen molar-refractivity contribution in [2.75, 3.05) is 21.3 Å². The van der Waals surface area contributed by atoms with E-state index in [-0.39, 0.29) is 35.1 Å². The van der Waals surface area contributed by atoms with Gasteiger partial charge in [0.15, 0.2) is 24.2 Å².